The maximum atomic E-state index is 13.9. The van der Waals surface area contributed by atoms with Gasteiger partial charge in [-0.3, -0.25) is 10.1 Å². The van der Waals surface area contributed by atoms with Crippen molar-refractivity contribution in [3.63, 3.8) is 0 Å². The van der Waals surface area contributed by atoms with Crippen molar-refractivity contribution in [2.24, 2.45) is 0 Å². The van der Waals surface area contributed by atoms with Crippen LogP contribution in [0.15, 0.2) is 41.0 Å². The highest BCUT2D eigenvalue weighted by atomic mass is 32.2. The van der Waals surface area contributed by atoms with E-state index in [-0.39, 0.29) is 24.2 Å². The predicted molar refractivity (Wildman–Crippen MR) is 115 cm³/mol. The molecule has 1 heterocycles. The van der Waals surface area contributed by atoms with E-state index in [0.717, 1.165) is 43.7 Å². The first kappa shape index (κ1) is 27.2. The molecule has 2 aromatic rings. The van der Waals surface area contributed by atoms with E-state index in [9.17, 15) is 40.8 Å². The van der Waals surface area contributed by atoms with Crippen molar-refractivity contribution >= 4 is 21.7 Å². The Morgan fingerprint density at radius 3 is 2.39 bits per heavy atom. The standard InChI is InChI=1S/C22H21F4N3O6S/c1-34-20(31)15-6-9-35-17(15)11-36(32,33)10-16(19(30)29-21(12-27)7-8-21)28-18(22(24,25)26)13-2-4-14(23)5-3-13/h2-6,9,16,18,28H,7-8,10-11H2,1H3,(H,29,30)/t16-,18-/m0/s1. The Kier molecular flexibility index (Phi) is 7.75. The van der Waals surface area contributed by atoms with Gasteiger partial charge in [0, 0.05) is 0 Å². The first-order valence-electron chi connectivity index (χ1n) is 10.5. The number of esters is 1. The molecular formula is C22H21F4N3O6S. The van der Waals surface area contributed by atoms with Gasteiger partial charge in [-0.2, -0.15) is 18.4 Å². The summed E-state index contributed by atoms with van der Waals surface area (Å²) in [5, 5.41) is 13.6. The highest BCUT2D eigenvalue weighted by molar-refractivity contribution is 7.90. The Balaban J connectivity index is 1.91. The van der Waals surface area contributed by atoms with Crippen molar-refractivity contribution < 1.29 is 44.7 Å². The van der Waals surface area contributed by atoms with E-state index in [4.69, 9.17) is 4.42 Å². The lowest BCUT2D eigenvalue weighted by Crippen LogP contribution is -2.54. The van der Waals surface area contributed by atoms with Crippen LogP contribution in [0.2, 0.25) is 0 Å². The molecule has 194 valence electrons. The van der Waals surface area contributed by atoms with Crippen molar-refractivity contribution in [1.82, 2.24) is 10.6 Å². The van der Waals surface area contributed by atoms with Crippen LogP contribution in [-0.4, -0.2) is 50.9 Å². The smallest absolute Gasteiger partial charge is 0.407 e. The number of benzene rings is 1. The highest BCUT2D eigenvalue weighted by Gasteiger charge is 2.48. The van der Waals surface area contributed by atoms with Crippen molar-refractivity contribution in [3.05, 3.63) is 59.3 Å². The van der Waals surface area contributed by atoms with Crippen molar-refractivity contribution in [1.29, 1.82) is 5.26 Å². The Bertz CT molecular complexity index is 1260. The summed E-state index contributed by atoms with van der Waals surface area (Å²) in [6.07, 6.45) is -3.45. The van der Waals surface area contributed by atoms with Gasteiger partial charge in [0.1, 0.15) is 40.5 Å². The van der Waals surface area contributed by atoms with Gasteiger partial charge in [-0.05, 0) is 36.6 Å². The molecule has 0 unspecified atom stereocenters. The second-order valence-electron chi connectivity index (χ2n) is 8.23. The molecule has 36 heavy (non-hydrogen) atoms. The number of nitrogens with one attached hydrogen (secondary N) is 2. The largest absolute Gasteiger partial charge is 0.467 e. The molecule has 0 saturated heterocycles. The van der Waals surface area contributed by atoms with E-state index in [2.05, 4.69) is 10.1 Å². The lowest BCUT2D eigenvalue weighted by atomic mass is 10.0. The number of amides is 1. The molecule has 2 atom stereocenters. The lowest BCUT2D eigenvalue weighted by molar-refractivity contribution is -0.160. The first-order valence-corrected chi connectivity index (χ1v) is 12.3. The van der Waals surface area contributed by atoms with E-state index in [1.807, 2.05) is 11.4 Å². The van der Waals surface area contributed by atoms with Gasteiger partial charge in [-0.1, -0.05) is 12.1 Å². The third-order valence-corrected chi connectivity index (χ3v) is 7.01. The van der Waals surface area contributed by atoms with Gasteiger partial charge in [-0.15, -0.1) is 0 Å². The molecule has 9 nitrogen and oxygen atoms in total. The van der Waals surface area contributed by atoms with Gasteiger partial charge in [0.2, 0.25) is 5.91 Å². The van der Waals surface area contributed by atoms with Crippen LogP contribution in [-0.2, 0) is 25.1 Å². The Labute approximate surface area is 203 Å². The summed E-state index contributed by atoms with van der Waals surface area (Å²) in [6.45, 7) is 0. The van der Waals surface area contributed by atoms with Crippen LogP contribution < -0.4 is 10.6 Å². The van der Waals surface area contributed by atoms with Crippen LogP contribution >= 0.6 is 0 Å². The molecule has 1 aliphatic rings. The van der Waals surface area contributed by atoms with E-state index in [0.29, 0.717) is 0 Å². The summed E-state index contributed by atoms with van der Waals surface area (Å²) >= 11 is 0. The Hall–Kier alpha value is -3.44. The minimum atomic E-state index is -4.99. The van der Waals surface area contributed by atoms with Gasteiger partial charge in [-0.25, -0.2) is 17.6 Å². The van der Waals surface area contributed by atoms with Gasteiger partial charge >= 0.3 is 12.1 Å². The number of nitriles is 1. The maximum Gasteiger partial charge on any atom is 0.407 e. The lowest BCUT2D eigenvalue weighted by Gasteiger charge is -2.28. The van der Waals surface area contributed by atoms with Crippen LogP contribution in [0.1, 0.15) is 40.6 Å². The summed E-state index contributed by atoms with van der Waals surface area (Å²) in [7, 11) is -3.31. The number of carbonyl (C=O) groups is 2. The molecule has 2 N–H and O–H groups in total. The number of hydrogen-bond donors (Lipinski definition) is 2. The predicted octanol–water partition coefficient (Wildman–Crippen LogP) is 2.55. The van der Waals surface area contributed by atoms with Crippen LogP contribution in [0.4, 0.5) is 17.6 Å². The van der Waals surface area contributed by atoms with E-state index >= 15 is 0 Å². The number of methoxy groups -OCH3 is 1. The van der Waals surface area contributed by atoms with Crippen LogP contribution in [0.3, 0.4) is 0 Å². The zero-order valence-corrected chi connectivity index (χ0v) is 19.6. The second kappa shape index (κ2) is 10.3. The molecule has 0 aliphatic heterocycles. The molecule has 3 rings (SSSR count). The van der Waals surface area contributed by atoms with Crippen LogP contribution in [0, 0.1) is 17.1 Å². The van der Waals surface area contributed by atoms with Gasteiger partial charge in [0.05, 0.1) is 25.2 Å². The fourth-order valence-electron chi connectivity index (χ4n) is 3.41. The number of alkyl halides is 3. The minimum Gasteiger partial charge on any atom is -0.467 e. The molecule has 14 heteroatoms. The van der Waals surface area contributed by atoms with Crippen molar-refractivity contribution in [2.75, 3.05) is 12.9 Å². The quantitative estimate of drug-likeness (QED) is 0.352. The fraction of sp³-hybridized carbons (Fsp3) is 0.409. The molecular weight excluding hydrogens is 510 g/mol. The third kappa shape index (κ3) is 6.61. The zero-order chi connectivity index (χ0) is 26.7. The zero-order valence-electron chi connectivity index (χ0n) is 18.8. The average Bonchev–Trinajstić information content (AvgIpc) is 3.43. The number of ether oxygens (including phenoxy) is 1. The number of furan rings is 1. The first-order chi connectivity index (χ1) is 16.8. The highest BCUT2D eigenvalue weighted by Crippen LogP contribution is 2.36. The average molecular weight is 531 g/mol. The summed E-state index contributed by atoms with van der Waals surface area (Å²) in [5.74, 6) is -5.17. The van der Waals surface area contributed by atoms with Crippen LogP contribution in [0.25, 0.3) is 0 Å². The summed E-state index contributed by atoms with van der Waals surface area (Å²) in [4.78, 5) is 24.7. The number of rotatable bonds is 10. The molecule has 1 fully saturated rings. The SMILES string of the molecule is COC(=O)c1ccoc1CS(=O)(=O)C[C@H](N[C@@H](c1ccc(F)cc1)C(F)(F)F)C(=O)NC1(C#N)CC1. The van der Waals surface area contributed by atoms with Crippen LogP contribution in [0.5, 0.6) is 0 Å². The maximum absolute atomic E-state index is 13.9. The molecule has 0 spiro atoms. The second-order valence-corrected chi connectivity index (χ2v) is 10.3. The number of halogens is 4. The Morgan fingerprint density at radius 2 is 1.86 bits per heavy atom. The normalized spacial score (nSPS) is 16.4. The van der Waals surface area contributed by atoms with Crippen molar-refractivity contribution in [2.45, 2.75) is 42.4 Å². The fourth-order valence-corrected chi connectivity index (χ4v) is 4.90. The number of carbonyl (C=O) groups excluding carboxylic acids is 2. The molecule has 1 amide bonds. The van der Waals surface area contributed by atoms with Gasteiger partial charge in [0.25, 0.3) is 0 Å². The number of sulfone groups is 1. The summed E-state index contributed by atoms with van der Waals surface area (Å²) in [6, 6.07) is 1.81. The van der Waals surface area contributed by atoms with E-state index in [1.165, 1.54) is 0 Å². The van der Waals surface area contributed by atoms with Crippen molar-refractivity contribution in [3.8, 4) is 6.07 Å². The molecule has 1 saturated carbocycles. The van der Waals surface area contributed by atoms with E-state index < -0.39 is 68.4 Å². The monoisotopic (exact) mass is 531 g/mol. The molecule has 1 aliphatic carbocycles. The number of nitrogens with zero attached hydrogens (tertiary/aromatic N) is 1. The Morgan fingerprint density at radius 1 is 1.22 bits per heavy atom. The molecule has 0 bridgehead atoms. The minimum absolute atomic E-state index is 0.198. The number of hydrogen-bond acceptors (Lipinski definition) is 8. The topological polar surface area (TPSA) is 138 Å². The van der Waals surface area contributed by atoms with Gasteiger partial charge < -0.3 is 14.5 Å². The third-order valence-electron chi connectivity index (χ3n) is 5.46. The molecule has 1 aromatic heterocycles. The van der Waals surface area contributed by atoms with E-state index in [1.54, 1.807) is 0 Å². The molecule has 0 radical (unpaired) electrons. The summed E-state index contributed by atoms with van der Waals surface area (Å²) < 4.78 is 90.4. The summed E-state index contributed by atoms with van der Waals surface area (Å²) in [5.41, 5.74) is -1.95. The molecule has 1 aromatic carbocycles. The van der Waals surface area contributed by atoms with Gasteiger partial charge in [0.15, 0.2) is 9.84 Å².